The van der Waals surface area contributed by atoms with Crippen molar-refractivity contribution >= 4 is 5.91 Å². The largest absolute Gasteiger partial charge is 0.392 e. The second-order valence-corrected chi connectivity index (χ2v) is 6.43. The molecule has 3 N–H and O–H groups in total. The number of carbonyl (C=O) groups excluding carboxylic acids is 1. The molecule has 2 aliphatic rings. The highest BCUT2D eigenvalue weighted by molar-refractivity contribution is 5.86. The van der Waals surface area contributed by atoms with Gasteiger partial charge in [-0.3, -0.25) is 9.69 Å². The van der Waals surface area contributed by atoms with Crippen LogP contribution >= 0.6 is 0 Å². The van der Waals surface area contributed by atoms with Gasteiger partial charge in [-0.25, -0.2) is 0 Å². The van der Waals surface area contributed by atoms with Crippen LogP contribution in [0.4, 0.5) is 0 Å². The molecule has 2 heterocycles. The lowest BCUT2D eigenvalue weighted by Crippen LogP contribution is -2.63. The van der Waals surface area contributed by atoms with E-state index in [2.05, 4.69) is 11.8 Å². The number of carbonyl (C=O) groups is 1. The first-order chi connectivity index (χ1) is 9.96. The number of piperazine rings is 1. The van der Waals surface area contributed by atoms with Gasteiger partial charge in [-0.1, -0.05) is 6.92 Å². The SMILES string of the molecule is CCC1CN(C(=O)C2(N)CCOCC2)CCN1CC(C)O. The fourth-order valence-corrected chi connectivity index (χ4v) is 3.31. The molecule has 21 heavy (non-hydrogen) atoms. The minimum Gasteiger partial charge on any atom is -0.392 e. The standard InChI is InChI=1S/C15H29N3O3/c1-3-13-11-18(7-6-17(13)10-12(2)19)14(20)15(16)4-8-21-9-5-15/h12-13,19H,3-11,16H2,1-2H3. The minimum absolute atomic E-state index is 0.0703. The molecule has 0 aliphatic carbocycles. The third kappa shape index (κ3) is 3.94. The summed E-state index contributed by atoms with van der Waals surface area (Å²) in [6.07, 6.45) is 1.85. The first kappa shape index (κ1) is 16.7. The van der Waals surface area contributed by atoms with Gasteiger partial charge in [0.15, 0.2) is 0 Å². The first-order valence-electron chi connectivity index (χ1n) is 8.04. The molecule has 2 atom stereocenters. The molecular formula is C15H29N3O3. The van der Waals surface area contributed by atoms with E-state index in [0.29, 0.717) is 51.7 Å². The molecule has 0 aromatic rings. The summed E-state index contributed by atoms with van der Waals surface area (Å²) < 4.78 is 5.32. The Hall–Kier alpha value is -0.690. The van der Waals surface area contributed by atoms with Crippen LogP contribution in [0.2, 0.25) is 0 Å². The topological polar surface area (TPSA) is 79.0 Å². The van der Waals surface area contributed by atoms with Gasteiger partial charge in [0, 0.05) is 45.4 Å². The van der Waals surface area contributed by atoms with E-state index in [1.165, 1.54) is 0 Å². The predicted octanol–water partition coefficient (Wildman–Crippen LogP) is -0.202. The second kappa shape index (κ2) is 7.05. The van der Waals surface area contributed by atoms with Crippen LogP contribution in [0, 0.1) is 0 Å². The summed E-state index contributed by atoms with van der Waals surface area (Å²) in [7, 11) is 0. The van der Waals surface area contributed by atoms with Gasteiger partial charge < -0.3 is 20.5 Å². The molecule has 0 saturated carbocycles. The number of hydrogen-bond donors (Lipinski definition) is 2. The van der Waals surface area contributed by atoms with Crippen molar-refractivity contribution in [2.75, 3.05) is 39.4 Å². The lowest BCUT2D eigenvalue weighted by molar-refractivity contribution is -0.144. The van der Waals surface area contributed by atoms with Gasteiger partial charge >= 0.3 is 0 Å². The van der Waals surface area contributed by atoms with Crippen LogP contribution in [-0.2, 0) is 9.53 Å². The Morgan fingerprint density at radius 1 is 1.43 bits per heavy atom. The van der Waals surface area contributed by atoms with Gasteiger partial charge in [0.25, 0.3) is 0 Å². The second-order valence-electron chi connectivity index (χ2n) is 6.43. The van der Waals surface area contributed by atoms with E-state index in [1.54, 1.807) is 6.92 Å². The molecule has 2 unspecified atom stereocenters. The average Bonchev–Trinajstić information content (AvgIpc) is 2.47. The van der Waals surface area contributed by atoms with Crippen molar-refractivity contribution < 1.29 is 14.6 Å². The molecule has 6 heteroatoms. The van der Waals surface area contributed by atoms with Gasteiger partial charge in [-0.2, -0.15) is 0 Å². The number of rotatable bonds is 4. The van der Waals surface area contributed by atoms with Crippen LogP contribution in [0.3, 0.4) is 0 Å². The van der Waals surface area contributed by atoms with Crippen LogP contribution in [-0.4, -0.2) is 77.9 Å². The number of amides is 1. The number of nitrogens with zero attached hydrogens (tertiary/aromatic N) is 2. The Kier molecular flexibility index (Phi) is 5.60. The molecule has 0 spiro atoms. The monoisotopic (exact) mass is 299 g/mol. The lowest BCUT2D eigenvalue weighted by Gasteiger charge is -2.45. The van der Waals surface area contributed by atoms with E-state index in [0.717, 1.165) is 13.0 Å². The zero-order chi connectivity index (χ0) is 15.5. The Labute approximate surface area is 127 Å². The van der Waals surface area contributed by atoms with E-state index in [9.17, 15) is 9.90 Å². The molecule has 0 bridgehead atoms. The molecule has 2 saturated heterocycles. The quantitative estimate of drug-likeness (QED) is 0.751. The van der Waals surface area contributed by atoms with E-state index in [-0.39, 0.29) is 12.0 Å². The van der Waals surface area contributed by atoms with Crippen LogP contribution in [0.5, 0.6) is 0 Å². The maximum Gasteiger partial charge on any atom is 0.242 e. The lowest BCUT2D eigenvalue weighted by atomic mass is 9.89. The van der Waals surface area contributed by atoms with E-state index in [4.69, 9.17) is 10.5 Å². The van der Waals surface area contributed by atoms with Gasteiger partial charge in [0.05, 0.1) is 11.6 Å². The third-order valence-electron chi connectivity index (χ3n) is 4.67. The molecule has 2 fully saturated rings. The summed E-state index contributed by atoms with van der Waals surface area (Å²) in [5.41, 5.74) is 5.56. The molecule has 2 rings (SSSR count). The zero-order valence-corrected chi connectivity index (χ0v) is 13.3. The van der Waals surface area contributed by atoms with Crippen molar-refractivity contribution in [3.05, 3.63) is 0 Å². The smallest absolute Gasteiger partial charge is 0.242 e. The normalized spacial score (nSPS) is 28.4. The number of ether oxygens (including phenoxy) is 1. The van der Waals surface area contributed by atoms with Gasteiger partial charge in [-0.05, 0) is 26.2 Å². The molecule has 0 aromatic heterocycles. The molecular weight excluding hydrogens is 270 g/mol. The maximum absolute atomic E-state index is 12.7. The molecule has 2 aliphatic heterocycles. The molecule has 6 nitrogen and oxygen atoms in total. The fraction of sp³-hybridized carbons (Fsp3) is 0.933. The fourth-order valence-electron chi connectivity index (χ4n) is 3.31. The highest BCUT2D eigenvalue weighted by Crippen LogP contribution is 2.23. The summed E-state index contributed by atoms with van der Waals surface area (Å²) in [6.45, 7) is 7.96. The van der Waals surface area contributed by atoms with Crippen molar-refractivity contribution in [3.63, 3.8) is 0 Å². The van der Waals surface area contributed by atoms with E-state index >= 15 is 0 Å². The summed E-state index contributed by atoms with van der Waals surface area (Å²) in [4.78, 5) is 16.9. The molecule has 0 radical (unpaired) electrons. The summed E-state index contributed by atoms with van der Waals surface area (Å²) in [6, 6.07) is 0.306. The van der Waals surface area contributed by atoms with E-state index in [1.807, 2.05) is 4.90 Å². The molecule has 1 amide bonds. The molecule has 0 aromatic carbocycles. The zero-order valence-electron chi connectivity index (χ0n) is 13.3. The van der Waals surface area contributed by atoms with Gasteiger partial charge in [0.2, 0.25) is 5.91 Å². The minimum atomic E-state index is -0.747. The Balaban J connectivity index is 1.97. The molecule has 122 valence electrons. The van der Waals surface area contributed by atoms with Gasteiger partial charge in [-0.15, -0.1) is 0 Å². The van der Waals surface area contributed by atoms with Crippen molar-refractivity contribution in [1.29, 1.82) is 0 Å². The van der Waals surface area contributed by atoms with E-state index < -0.39 is 5.54 Å². The maximum atomic E-state index is 12.7. The highest BCUT2D eigenvalue weighted by atomic mass is 16.5. The predicted molar refractivity (Wildman–Crippen MR) is 80.9 cm³/mol. The number of hydrogen-bond acceptors (Lipinski definition) is 5. The number of aliphatic hydroxyl groups excluding tert-OH is 1. The summed E-state index contributed by atoms with van der Waals surface area (Å²) >= 11 is 0. The Bertz CT molecular complexity index is 356. The number of aliphatic hydroxyl groups is 1. The summed E-state index contributed by atoms with van der Waals surface area (Å²) in [5, 5.41) is 9.58. The number of nitrogens with two attached hydrogens (primary N) is 1. The van der Waals surface area contributed by atoms with Crippen LogP contribution in [0.1, 0.15) is 33.1 Å². The van der Waals surface area contributed by atoms with Crippen molar-refractivity contribution in [2.45, 2.75) is 50.8 Å². The Morgan fingerprint density at radius 3 is 2.67 bits per heavy atom. The van der Waals surface area contributed by atoms with Crippen LogP contribution < -0.4 is 5.73 Å². The van der Waals surface area contributed by atoms with Crippen molar-refractivity contribution in [1.82, 2.24) is 9.80 Å². The third-order valence-corrected chi connectivity index (χ3v) is 4.67. The van der Waals surface area contributed by atoms with Crippen LogP contribution in [0.25, 0.3) is 0 Å². The van der Waals surface area contributed by atoms with Crippen molar-refractivity contribution in [2.24, 2.45) is 5.73 Å². The van der Waals surface area contributed by atoms with Crippen molar-refractivity contribution in [3.8, 4) is 0 Å². The summed E-state index contributed by atoms with van der Waals surface area (Å²) in [5.74, 6) is 0.0703. The first-order valence-corrected chi connectivity index (χ1v) is 8.04. The average molecular weight is 299 g/mol. The highest BCUT2D eigenvalue weighted by Gasteiger charge is 2.41. The number of β-amino-alcohol motifs (C(OH)–C–C–N with tert-alkyl or cyclic N) is 1. The Morgan fingerprint density at radius 2 is 2.10 bits per heavy atom. The van der Waals surface area contributed by atoms with Crippen LogP contribution in [0.15, 0.2) is 0 Å². The van der Waals surface area contributed by atoms with Gasteiger partial charge in [0.1, 0.15) is 0 Å².